The lowest BCUT2D eigenvalue weighted by Gasteiger charge is -2.16. The molecule has 0 N–H and O–H groups in total. The molecule has 2 aromatic rings. The van der Waals surface area contributed by atoms with Crippen LogP contribution in [0.2, 0.25) is 0 Å². The van der Waals surface area contributed by atoms with E-state index in [0.29, 0.717) is 22.1 Å². The van der Waals surface area contributed by atoms with Gasteiger partial charge in [0, 0.05) is 4.88 Å². The summed E-state index contributed by atoms with van der Waals surface area (Å²) in [7, 11) is 1.51. The van der Waals surface area contributed by atoms with E-state index in [9.17, 15) is 9.59 Å². The van der Waals surface area contributed by atoms with Gasteiger partial charge in [-0.2, -0.15) is 0 Å². The molecule has 0 fully saturated rings. The van der Waals surface area contributed by atoms with E-state index in [0.717, 1.165) is 19.3 Å². The average Bonchev–Trinajstić information content (AvgIpc) is 3.02. The molecule has 0 amide bonds. The SMILES string of the molecule is COc1ccccc1C(=O)COC(=O)c1cc2c(s1)CCC(C)C2. The number of carbonyl (C=O) groups excluding carboxylic acids is 2. The number of methoxy groups -OCH3 is 1. The number of Topliss-reactive ketones (excluding diaryl/α,β-unsaturated/α-hetero) is 1. The highest BCUT2D eigenvalue weighted by Crippen LogP contribution is 2.32. The van der Waals surface area contributed by atoms with Crippen LogP contribution >= 0.6 is 11.3 Å². The van der Waals surface area contributed by atoms with Gasteiger partial charge in [-0.15, -0.1) is 11.3 Å². The average molecular weight is 344 g/mol. The third-order valence-electron chi connectivity index (χ3n) is 4.27. The topological polar surface area (TPSA) is 52.6 Å². The summed E-state index contributed by atoms with van der Waals surface area (Å²) < 4.78 is 10.4. The van der Waals surface area contributed by atoms with Crippen molar-refractivity contribution in [3.05, 3.63) is 51.2 Å². The second-order valence-electron chi connectivity index (χ2n) is 6.11. The molecule has 4 nitrogen and oxygen atoms in total. The number of benzene rings is 1. The zero-order chi connectivity index (χ0) is 17.1. The van der Waals surface area contributed by atoms with E-state index in [2.05, 4.69) is 6.92 Å². The third-order valence-corrected chi connectivity index (χ3v) is 5.49. The maximum absolute atomic E-state index is 12.2. The van der Waals surface area contributed by atoms with Crippen LogP contribution in [-0.2, 0) is 17.6 Å². The summed E-state index contributed by atoms with van der Waals surface area (Å²) in [4.78, 5) is 26.3. The first kappa shape index (κ1) is 16.7. The summed E-state index contributed by atoms with van der Waals surface area (Å²) in [6.45, 7) is 1.95. The minimum Gasteiger partial charge on any atom is -0.496 e. The molecule has 5 heteroatoms. The van der Waals surface area contributed by atoms with Gasteiger partial charge in [0.05, 0.1) is 12.7 Å². The van der Waals surface area contributed by atoms with Crippen molar-refractivity contribution < 1.29 is 19.1 Å². The monoisotopic (exact) mass is 344 g/mol. The summed E-state index contributed by atoms with van der Waals surface area (Å²) in [6.07, 6.45) is 3.20. The van der Waals surface area contributed by atoms with Crippen LogP contribution in [0.25, 0.3) is 0 Å². The molecule has 1 aliphatic carbocycles. The second-order valence-corrected chi connectivity index (χ2v) is 7.24. The molecular weight excluding hydrogens is 324 g/mol. The van der Waals surface area contributed by atoms with E-state index in [4.69, 9.17) is 9.47 Å². The van der Waals surface area contributed by atoms with E-state index < -0.39 is 5.97 Å². The predicted molar refractivity (Wildman–Crippen MR) is 93.1 cm³/mol. The number of hydrogen-bond donors (Lipinski definition) is 0. The van der Waals surface area contributed by atoms with Crippen LogP contribution in [0.1, 0.15) is 43.8 Å². The van der Waals surface area contributed by atoms with Gasteiger partial charge < -0.3 is 9.47 Å². The number of hydrogen-bond acceptors (Lipinski definition) is 5. The van der Waals surface area contributed by atoms with Crippen molar-refractivity contribution in [2.24, 2.45) is 5.92 Å². The van der Waals surface area contributed by atoms with E-state index in [1.54, 1.807) is 24.3 Å². The first-order valence-electron chi connectivity index (χ1n) is 8.03. The fourth-order valence-electron chi connectivity index (χ4n) is 2.96. The normalized spacial score (nSPS) is 16.3. The molecule has 1 heterocycles. The lowest BCUT2D eigenvalue weighted by Crippen LogP contribution is -2.14. The lowest BCUT2D eigenvalue weighted by atomic mass is 9.90. The Balaban J connectivity index is 1.64. The minimum absolute atomic E-state index is 0.268. The van der Waals surface area contributed by atoms with Gasteiger partial charge in [0.25, 0.3) is 0 Å². The summed E-state index contributed by atoms with van der Waals surface area (Å²) in [5.74, 6) is 0.447. The highest BCUT2D eigenvalue weighted by atomic mass is 32.1. The summed E-state index contributed by atoms with van der Waals surface area (Å²) in [5, 5.41) is 0. The van der Waals surface area contributed by atoms with Crippen molar-refractivity contribution in [3.8, 4) is 5.75 Å². The molecule has 0 saturated heterocycles. The number of rotatable bonds is 5. The fraction of sp³-hybridized carbons (Fsp3) is 0.368. The molecule has 0 spiro atoms. The number of aryl methyl sites for hydroxylation is 1. The highest BCUT2D eigenvalue weighted by molar-refractivity contribution is 7.14. The van der Waals surface area contributed by atoms with Crippen LogP contribution in [0, 0.1) is 5.92 Å². The van der Waals surface area contributed by atoms with Crippen LogP contribution in [0.4, 0.5) is 0 Å². The van der Waals surface area contributed by atoms with Crippen molar-refractivity contribution in [2.45, 2.75) is 26.2 Å². The largest absolute Gasteiger partial charge is 0.496 e. The van der Waals surface area contributed by atoms with Gasteiger partial charge in [-0.25, -0.2) is 4.79 Å². The Bertz CT molecular complexity index is 762. The molecule has 126 valence electrons. The Morgan fingerprint density at radius 3 is 2.88 bits per heavy atom. The second kappa shape index (κ2) is 7.18. The molecule has 1 aliphatic rings. The molecule has 0 saturated carbocycles. The number of carbonyl (C=O) groups is 2. The first-order chi connectivity index (χ1) is 11.6. The van der Waals surface area contributed by atoms with E-state index in [1.165, 1.54) is 28.9 Å². The summed E-state index contributed by atoms with van der Waals surface area (Å²) >= 11 is 1.49. The molecule has 3 rings (SSSR count). The maximum Gasteiger partial charge on any atom is 0.348 e. The van der Waals surface area contributed by atoms with Gasteiger partial charge in [0.15, 0.2) is 6.61 Å². The van der Waals surface area contributed by atoms with Crippen LogP contribution in [0.5, 0.6) is 5.75 Å². The molecule has 1 aromatic carbocycles. The van der Waals surface area contributed by atoms with Crippen molar-refractivity contribution in [1.82, 2.24) is 0 Å². The number of thiophene rings is 1. The lowest BCUT2D eigenvalue weighted by molar-refractivity contribution is 0.0478. The smallest absolute Gasteiger partial charge is 0.348 e. The van der Waals surface area contributed by atoms with E-state index >= 15 is 0 Å². The predicted octanol–water partition coefficient (Wildman–Crippen LogP) is 3.92. The van der Waals surface area contributed by atoms with Gasteiger partial charge in [0.1, 0.15) is 10.6 Å². The highest BCUT2D eigenvalue weighted by Gasteiger charge is 2.22. The molecule has 1 atom stereocenters. The number of ketones is 1. The van der Waals surface area contributed by atoms with Crippen LogP contribution < -0.4 is 4.74 Å². The van der Waals surface area contributed by atoms with Gasteiger partial charge in [-0.3, -0.25) is 4.79 Å². The molecule has 0 bridgehead atoms. The third kappa shape index (κ3) is 3.51. The van der Waals surface area contributed by atoms with Crippen LogP contribution in [-0.4, -0.2) is 25.5 Å². The molecule has 1 aromatic heterocycles. The summed E-state index contributed by atoms with van der Waals surface area (Å²) in [5.41, 5.74) is 1.67. The summed E-state index contributed by atoms with van der Waals surface area (Å²) in [6, 6.07) is 8.85. The zero-order valence-corrected chi connectivity index (χ0v) is 14.7. The number of fused-ring (bicyclic) bond motifs is 1. The Morgan fingerprint density at radius 1 is 1.29 bits per heavy atom. The van der Waals surface area contributed by atoms with E-state index in [-0.39, 0.29) is 12.4 Å². The van der Waals surface area contributed by atoms with Gasteiger partial charge >= 0.3 is 5.97 Å². The van der Waals surface area contributed by atoms with Crippen molar-refractivity contribution in [1.29, 1.82) is 0 Å². The standard InChI is InChI=1S/C19H20O4S/c1-12-7-8-17-13(9-12)10-18(24-17)19(21)23-11-15(20)14-5-3-4-6-16(14)22-2/h3-6,10,12H,7-9,11H2,1-2H3. The quantitative estimate of drug-likeness (QED) is 0.609. The minimum atomic E-state index is -0.426. The van der Waals surface area contributed by atoms with Crippen molar-refractivity contribution in [3.63, 3.8) is 0 Å². The molecule has 0 radical (unpaired) electrons. The zero-order valence-electron chi connectivity index (χ0n) is 13.8. The number of para-hydroxylation sites is 1. The van der Waals surface area contributed by atoms with Crippen molar-refractivity contribution in [2.75, 3.05) is 13.7 Å². The van der Waals surface area contributed by atoms with Gasteiger partial charge in [-0.05, 0) is 48.9 Å². The first-order valence-corrected chi connectivity index (χ1v) is 8.85. The Labute approximate surface area is 145 Å². The molecule has 0 aliphatic heterocycles. The van der Waals surface area contributed by atoms with Gasteiger partial charge in [0.2, 0.25) is 5.78 Å². The van der Waals surface area contributed by atoms with Crippen LogP contribution in [0.15, 0.2) is 30.3 Å². The maximum atomic E-state index is 12.2. The number of esters is 1. The van der Waals surface area contributed by atoms with Gasteiger partial charge in [-0.1, -0.05) is 19.1 Å². The molecule has 1 unspecified atom stereocenters. The van der Waals surface area contributed by atoms with Crippen LogP contribution in [0.3, 0.4) is 0 Å². The molecular formula is C19H20O4S. The number of ether oxygens (including phenoxy) is 2. The Kier molecular flexibility index (Phi) is 5.00. The Morgan fingerprint density at radius 2 is 2.08 bits per heavy atom. The molecule has 24 heavy (non-hydrogen) atoms. The fourth-order valence-corrected chi connectivity index (χ4v) is 4.06. The van der Waals surface area contributed by atoms with E-state index in [1.807, 2.05) is 6.07 Å². The van der Waals surface area contributed by atoms with Crippen molar-refractivity contribution >= 4 is 23.1 Å². The Hall–Kier alpha value is -2.14.